The van der Waals surface area contributed by atoms with E-state index >= 15 is 0 Å². The van der Waals surface area contributed by atoms with Crippen molar-refractivity contribution in [2.45, 2.75) is 31.4 Å². The SMILES string of the molecule is CN(CC[C@@H]1CN(CC#Cc2ccc3c(c2)n(C)c(=O)n3C2CCC(=O)NC2=O)CCO1)C(=O)O. The number of amides is 3. The number of ether oxygens (including phenoxy) is 1. The van der Waals surface area contributed by atoms with Crippen LogP contribution >= 0.6 is 0 Å². The van der Waals surface area contributed by atoms with Gasteiger partial charge in [0.2, 0.25) is 11.8 Å². The number of aromatic nitrogens is 2. The number of nitrogens with one attached hydrogen (secondary N) is 1. The van der Waals surface area contributed by atoms with Crippen molar-refractivity contribution in [3.63, 3.8) is 0 Å². The molecule has 2 fully saturated rings. The maximum atomic E-state index is 12.9. The smallest absolute Gasteiger partial charge is 0.407 e. The van der Waals surface area contributed by atoms with Crippen LogP contribution in [0.2, 0.25) is 0 Å². The molecule has 3 heterocycles. The number of nitrogens with zero attached hydrogens (tertiary/aromatic N) is 4. The monoisotopic (exact) mass is 483 g/mol. The number of benzene rings is 1. The molecular weight excluding hydrogens is 454 g/mol. The highest BCUT2D eigenvalue weighted by atomic mass is 16.5. The van der Waals surface area contributed by atoms with Crippen LogP contribution in [0.3, 0.4) is 0 Å². The Labute approximate surface area is 202 Å². The molecule has 2 saturated heterocycles. The van der Waals surface area contributed by atoms with Gasteiger partial charge in [0.25, 0.3) is 0 Å². The molecule has 0 bridgehead atoms. The van der Waals surface area contributed by atoms with Gasteiger partial charge in [-0.05, 0) is 31.0 Å². The third kappa shape index (κ3) is 5.39. The van der Waals surface area contributed by atoms with Crippen LogP contribution in [0.4, 0.5) is 4.79 Å². The number of carboxylic acid groups (broad SMARTS) is 1. The molecule has 2 aliphatic heterocycles. The number of imide groups is 1. The fraction of sp³-hybridized carbons (Fsp3) is 0.500. The summed E-state index contributed by atoms with van der Waals surface area (Å²) >= 11 is 0. The maximum absolute atomic E-state index is 12.9. The molecule has 0 spiro atoms. The zero-order valence-corrected chi connectivity index (χ0v) is 19.8. The molecule has 4 rings (SSSR count). The van der Waals surface area contributed by atoms with E-state index in [2.05, 4.69) is 22.1 Å². The molecule has 2 aromatic rings. The number of carbonyl (C=O) groups is 3. The van der Waals surface area contributed by atoms with Crippen LogP contribution in [0.1, 0.15) is 30.9 Å². The summed E-state index contributed by atoms with van der Waals surface area (Å²) < 4.78 is 8.69. The van der Waals surface area contributed by atoms with Gasteiger partial charge in [-0.2, -0.15) is 0 Å². The lowest BCUT2D eigenvalue weighted by Gasteiger charge is -2.32. The molecule has 186 valence electrons. The second-order valence-corrected chi connectivity index (χ2v) is 8.90. The number of morpholine rings is 1. The summed E-state index contributed by atoms with van der Waals surface area (Å²) in [5.74, 6) is 5.54. The van der Waals surface area contributed by atoms with E-state index in [-0.39, 0.29) is 24.1 Å². The minimum Gasteiger partial charge on any atom is -0.465 e. The number of hydrogen-bond donors (Lipinski definition) is 2. The summed E-state index contributed by atoms with van der Waals surface area (Å²) in [6.07, 6.45) is 0.122. The summed E-state index contributed by atoms with van der Waals surface area (Å²) in [6, 6.07) is 4.72. The first-order chi connectivity index (χ1) is 16.7. The Kier molecular flexibility index (Phi) is 7.23. The minimum atomic E-state index is -0.953. The zero-order chi connectivity index (χ0) is 25.1. The van der Waals surface area contributed by atoms with E-state index in [4.69, 9.17) is 9.84 Å². The molecule has 0 saturated carbocycles. The van der Waals surface area contributed by atoms with Crippen molar-refractivity contribution in [1.29, 1.82) is 0 Å². The molecule has 1 aromatic heterocycles. The van der Waals surface area contributed by atoms with Crippen LogP contribution in [0.25, 0.3) is 11.0 Å². The first-order valence-electron chi connectivity index (χ1n) is 11.6. The molecule has 11 nitrogen and oxygen atoms in total. The molecule has 0 radical (unpaired) electrons. The molecular formula is C24H29N5O6. The molecule has 1 unspecified atom stereocenters. The van der Waals surface area contributed by atoms with Crippen LogP contribution in [0.15, 0.2) is 23.0 Å². The van der Waals surface area contributed by atoms with Crippen LogP contribution in [-0.4, -0.2) is 87.9 Å². The lowest BCUT2D eigenvalue weighted by atomic mass is 10.1. The molecule has 2 atom stereocenters. The maximum Gasteiger partial charge on any atom is 0.407 e. The second-order valence-electron chi connectivity index (χ2n) is 8.90. The highest BCUT2D eigenvalue weighted by Gasteiger charge is 2.31. The van der Waals surface area contributed by atoms with E-state index in [1.54, 1.807) is 20.2 Å². The summed E-state index contributed by atoms with van der Waals surface area (Å²) in [5, 5.41) is 11.3. The van der Waals surface area contributed by atoms with Gasteiger partial charge in [-0.25, -0.2) is 9.59 Å². The predicted octanol–water partition coefficient (Wildman–Crippen LogP) is 0.370. The number of aryl methyl sites for hydroxylation is 1. The Balaban J connectivity index is 1.44. The summed E-state index contributed by atoms with van der Waals surface area (Å²) in [4.78, 5) is 51.1. The molecule has 35 heavy (non-hydrogen) atoms. The number of fused-ring (bicyclic) bond motifs is 1. The highest BCUT2D eigenvalue weighted by molar-refractivity contribution is 6.00. The lowest BCUT2D eigenvalue weighted by Crippen LogP contribution is -2.44. The zero-order valence-electron chi connectivity index (χ0n) is 19.8. The van der Waals surface area contributed by atoms with E-state index in [0.717, 1.165) is 12.1 Å². The number of piperidine rings is 1. The van der Waals surface area contributed by atoms with Crippen LogP contribution in [-0.2, 0) is 21.4 Å². The quantitative estimate of drug-likeness (QED) is 0.465. The van der Waals surface area contributed by atoms with Crippen molar-refractivity contribution in [2.75, 3.05) is 39.8 Å². The molecule has 1 aromatic carbocycles. The van der Waals surface area contributed by atoms with E-state index in [0.29, 0.717) is 50.1 Å². The molecule has 11 heteroatoms. The Bertz CT molecular complexity index is 1270. The van der Waals surface area contributed by atoms with Crippen LogP contribution in [0.5, 0.6) is 0 Å². The van der Waals surface area contributed by atoms with E-state index < -0.39 is 18.0 Å². The Morgan fingerprint density at radius 2 is 2.09 bits per heavy atom. The summed E-state index contributed by atoms with van der Waals surface area (Å²) in [7, 11) is 3.19. The standard InChI is InChI=1S/C24H29N5O6/c1-26(24(33)34)11-9-17-15-28(12-13-35-17)10-3-4-16-5-6-18-20(14-16)27(2)23(32)29(18)19-7-8-21(30)25-22(19)31/h5-6,14,17,19H,7-13,15H2,1-2H3,(H,33,34)(H,25,30,31)/t17-,19?/m1/s1. The average molecular weight is 484 g/mol. The molecule has 2 N–H and O–H groups in total. The number of rotatable bonds is 5. The fourth-order valence-corrected chi connectivity index (χ4v) is 4.46. The van der Waals surface area contributed by atoms with Gasteiger partial charge in [-0.15, -0.1) is 0 Å². The molecule has 0 aliphatic carbocycles. The first-order valence-corrected chi connectivity index (χ1v) is 11.6. The summed E-state index contributed by atoms with van der Waals surface area (Å²) in [6.45, 7) is 2.97. The topological polar surface area (TPSA) is 126 Å². The van der Waals surface area contributed by atoms with Crippen molar-refractivity contribution >= 4 is 28.9 Å². The lowest BCUT2D eigenvalue weighted by molar-refractivity contribution is -0.135. The van der Waals surface area contributed by atoms with Crippen molar-refractivity contribution in [1.82, 2.24) is 24.3 Å². The Hall–Kier alpha value is -3.62. The van der Waals surface area contributed by atoms with Crippen LogP contribution < -0.4 is 11.0 Å². The third-order valence-electron chi connectivity index (χ3n) is 6.48. The molecule has 2 aliphatic rings. The van der Waals surface area contributed by atoms with Crippen molar-refractivity contribution in [3.8, 4) is 11.8 Å². The fourth-order valence-electron chi connectivity index (χ4n) is 4.46. The second kappa shape index (κ2) is 10.3. The number of imidazole rings is 1. The van der Waals surface area contributed by atoms with Gasteiger partial charge in [0.05, 0.1) is 30.3 Å². The predicted molar refractivity (Wildman–Crippen MR) is 127 cm³/mol. The minimum absolute atomic E-state index is 0.0368. The molecule has 3 amide bonds. The van der Waals surface area contributed by atoms with Gasteiger partial charge < -0.3 is 14.7 Å². The largest absolute Gasteiger partial charge is 0.465 e. The Morgan fingerprint density at radius 1 is 1.29 bits per heavy atom. The first kappa shape index (κ1) is 24.5. The normalized spacial score (nSPS) is 20.9. The number of hydrogen-bond acceptors (Lipinski definition) is 6. The highest BCUT2D eigenvalue weighted by Crippen LogP contribution is 2.23. The van der Waals surface area contributed by atoms with Gasteiger partial charge in [0.1, 0.15) is 6.04 Å². The van der Waals surface area contributed by atoms with Crippen LogP contribution in [0, 0.1) is 11.8 Å². The number of carbonyl (C=O) groups excluding carboxylic acids is 2. The van der Waals surface area contributed by atoms with Gasteiger partial charge in [-0.1, -0.05) is 11.8 Å². The van der Waals surface area contributed by atoms with Gasteiger partial charge in [-0.3, -0.25) is 28.9 Å². The van der Waals surface area contributed by atoms with E-state index in [1.807, 2.05) is 12.1 Å². The van der Waals surface area contributed by atoms with E-state index in [1.165, 1.54) is 14.0 Å². The average Bonchev–Trinajstić information content (AvgIpc) is 3.07. The van der Waals surface area contributed by atoms with Crippen molar-refractivity contribution in [2.24, 2.45) is 7.05 Å². The van der Waals surface area contributed by atoms with Gasteiger partial charge in [0, 0.05) is 45.7 Å². The van der Waals surface area contributed by atoms with E-state index in [9.17, 15) is 19.2 Å². The summed E-state index contributed by atoms with van der Waals surface area (Å²) in [5.41, 5.74) is 1.73. The van der Waals surface area contributed by atoms with Crippen molar-refractivity contribution in [3.05, 3.63) is 34.2 Å². The van der Waals surface area contributed by atoms with Gasteiger partial charge >= 0.3 is 11.8 Å². The van der Waals surface area contributed by atoms with Crippen molar-refractivity contribution < 1.29 is 24.2 Å². The Morgan fingerprint density at radius 3 is 2.83 bits per heavy atom. The third-order valence-corrected chi connectivity index (χ3v) is 6.48. The van der Waals surface area contributed by atoms with Gasteiger partial charge in [0.15, 0.2) is 0 Å².